The predicted molar refractivity (Wildman–Crippen MR) is 54.7 cm³/mol. The van der Waals surface area contributed by atoms with E-state index in [0.29, 0.717) is 24.4 Å². The summed E-state index contributed by atoms with van der Waals surface area (Å²) in [7, 11) is 3.61. The van der Waals surface area contributed by atoms with E-state index in [9.17, 15) is 4.79 Å². The van der Waals surface area contributed by atoms with E-state index >= 15 is 0 Å². The van der Waals surface area contributed by atoms with Crippen LogP contribution in [0.2, 0.25) is 0 Å². The van der Waals surface area contributed by atoms with Gasteiger partial charge in [-0.05, 0) is 18.3 Å². The van der Waals surface area contributed by atoms with E-state index < -0.39 is 0 Å². The topological polar surface area (TPSA) is 49.6 Å². The molecule has 80 valence electrons. The molecule has 2 aliphatic heterocycles. The maximum absolute atomic E-state index is 11.5. The molecule has 1 aliphatic carbocycles. The summed E-state index contributed by atoms with van der Waals surface area (Å²) in [4.78, 5) is 15.4. The predicted octanol–water partition coefficient (Wildman–Crippen LogP) is -0.646. The molecule has 0 aromatic rings. The van der Waals surface area contributed by atoms with Crippen molar-refractivity contribution < 1.29 is 4.79 Å². The van der Waals surface area contributed by atoms with Crippen molar-refractivity contribution in [1.29, 1.82) is 0 Å². The van der Waals surface area contributed by atoms with E-state index in [1.165, 1.54) is 6.42 Å². The summed E-state index contributed by atoms with van der Waals surface area (Å²) >= 11 is 0. The van der Waals surface area contributed by atoms with E-state index in [-0.39, 0.29) is 5.91 Å². The number of piperidine rings is 2. The Hall–Kier alpha value is -0.610. The van der Waals surface area contributed by atoms with Crippen LogP contribution in [0.15, 0.2) is 0 Å². The van der Waals surface area contributed by atoms with Crippen molar-refractivity contribution in [1.82, 2.24) is 9.80 Å². The normalized spacial score (nSPS) is 36.4. The largest absolute Gasteiger partial charge is 0.348 e. The van der Waals surface area contributed by atoms with Crippen molar-refractivity contribution in [2.45, 2.75) is 12.5 Å². The molecule has 1 saturated carbocycles. The number of carbonyl (C=O) groups excluding carboxylic acids is 1. The van der Waals surface area contributed by atoms with Gasteiger partial charge in [0.2, 0.25) is 5.91 Å². The molecular formula is C10H19N3O. The molecule has 3 rings (SSSR count). The van der Waals surface area contributed by atoms with Gasteiger partial charge in [0.1, 0.15) is 0 Å². The summed E-state index contributed by atoms with van der Waals surface area (Å²) < 4.78 is 0. The Morgan fingerprint density at radius 1 is 1.43 bits per heavy atom. The van der Waals surface area contributed by atoms with Crippen molar-refractivity contribution in [2.24, 2.45) is 17.6 Å². The van der Waals surface area contributed by atoms with Crippen LogP contribution in [0, 0.1) is 11.8 Å². The van der Waals surface area contributed by atoms with Crippen LogP contribution >= 0.6 is 0 Å². The standard InChI is InChI=1S/C10H19N3O/c1-12(2)9(14)6-13-4-7-3-8(5-13)10(7)11/h7-8,10H,3-6,11H2,1-2H3. The highest BCUT2D eigenvalue weighted by Crippen LogP contribution is 2.38. The summed E-state index contributed by atoms with van der Waals surface area (Å²) in [5.41, 5.74) is 5.96. The highest BCUT2D eigenvalue weighted by molar-refractivity contribution is 5.77. The zero-order valence-corrected chi connectivity index (χ0v) is 8.94. The molecule has 3 fully saturated rings. The van der Waals surface area contributed by atoms with Gasteiger partial charge in [0.15, 0.2) is 0 Å². The van der Waals surface area contributed by atoms with Crippen LogP contribution in [0.5, 0.6) is 0 Å². The minimum absolute atomic E-state index is 0.194. The Kier molecular flexibility index (Phi) is 2.49. The van der Waals surface area contributed by atoms with Crippen molar-refractivity contribution in [3.8, 4) is 0 Å². The average molecular weight is 197 g/mol. The third-order valence-corrected chi connectivity index (χ3v) is 3.54. The molecule has 0 aromatic heterocycles. The number of hydrogen-bond acceptors (Lipinski definition) is 3. The van der Waals surface area contributed by atoms with Gasteiger partial charge in [-0.15, -0.1) is 0 Å². The third kappa shape index (κ3) is 1.64. The van der Waals surface area contributed by atoms with Gasteiger partial charge >= 0.3 is 0 Å². The minimum atomic E-state index is 0.194. The number of carbonyl (C=O) groups is 1. The first-order valence-corrected chi connectivity index (χ1v) is 5.26. The fraction of sp³-hybridized carbons (Fsp3) is 0.900. The lowest BCUT2D eigenvalue weighted by molar-refractivity contribution is -0.132. The molecule has 4 heteroatoms. The average Bonchev–Trinajstić information content (AvgIpc) is 2.17. The molecular weight excluding hydrogens is 178 g/mol. The first-order chi connectivity index (χ1) is 6.58. The van der Waals surface area contributed by atoms with E-state index in [2.05, 4.69) is 4.90 Å². The lowest BCUT2D eigenvalue weighted by Gasteiger charge is -2.52. The van der Waals surface area contributed by atoms with Gasteiger partial charge in [-0.2, -0.15) is 0 Å². The Morgan fingerprint density at radius 2 is 2.00 bits per heavy atom. The fourth-order valence-corrected chi connectivity index (χ4v) is 2.48. The van der Waals surface area contributed by atoms with Crippen LogP contribution in [-0.4, -0.2) is 55.5 Å². The van der Waals surface area contributed by atoms with Crippen molar-refractivity contribution >= 4 is 5.91 Å². The Labute approximate surface area is 85.0 Å². The van der Waals surface area contributed by atoms with Crippen molar-refractivity contribution in [3.05, 3.63) is 0 Å². The van der Waals surface area contributed by atoms with Gasteiger partial charge in [0, 0.05) is 33.2 Å². The SMILES string of the molecule is CN(C)C(=O)CN1CC2CC(C1)C2N. The zero-order valence-electron chi connectivity index (χ0n) is 8.94. The van der Waals surface area contributed by atoms with E-state index in [4.69, 9.17) is 5.73 Å². The maximum atomic E-state index is 11.5. The van der Waals surface area contributed by atoms with E-state index in [1.807, 2.05) is 0 Å². The van der Waals surface area contributed by atoms with Gasteiger partial charge in [-0.25, -0.2) is 0 Å². The molecule has 2 saturated heterocycles. The van der Waals surface area contributed by atoms with Crippen LogP contribution in [0.25, 0.3) is 0 Å². The highest BCUT2D eigenvalue weighted by atomic mass is 16.2. The van der Waals surface area contributed by atoms with Gasteiger partial charge in [-0.1, -0.05) is 0 Å². The molecule has 14 heavy (non-hydrogen) atoms. The van der Waals surface area contributed by atoms with E-state index in [0.717, 1.165) is 13.1 Å². The number of hydrogen-bond donors (Lipinski definition) is 1. The number of amides is 1. The van der Waals surface area contributed by atoms with Gasteiger partial charge < -0.3 is 10.6 Å². The van der Waals surface area contributed by atoms with E-state index in [1.54, 1.807) is 19.0 Å². The second-order valence-electron chi connectivity index (χ2n) is 4.82. The lowest BCUT2D eigenvalue weighted by atomic mass is 9.67. The van der Waals surface area contributed by atoms with Gasteiger partial charge in [-0.3, -0.25) is 9.69 Å². The van der Waals surface area contributed by atoms with Crippen LogP contribution < -0.4 is 5.73 Å². The molecule has 2 heterocycles. The highest BCUT2D eigenvalue weighted by Gasteiger charge is 2.44. The molecule has 0 radical (unpaired) electrons. The van der Waals surface area contributed by atoms with Crippen LogP contribution in [0.3, 0.4) is 0 Å². The molecule has 3 aliphatic rings. The fourth-order valence-electron chi connectivity index (χ4n) is 2.48. The number of rotatable bonds is 2. The second kappa shape index (κ2) is 3.51. The van der Waals surface area contributed by atoms with Gasteiger partial charge in [0.25, 0.3) is 0 Å². The molecule has 2 atom stereocenters. The second-order valence-corrected chi connectivity index (χ2v) is 4.82. The summed E-state index contributed by atoms with van der Waals surface area (Å²) in [6.07, 6.45) is 1.27. The van der Waals surface area contributed by atoms with Crippen molar-refractivity contribution in [2.75, 3.05) is 33.7 Å². The van der Waals surface area contributed by atoms with Crippen LogP contribution in [0.1, 0.15) is 6.42 Å². The number of nitrogens with zero attached hydrogens (tertiary/aromatic N) is 2. The molecule has 2 bridgehead atoms. The molecule has 0 aromatic carbocycles. The molecule has 1 amide bonds. The Bertz CT molecular complexity index is 230. The maximum Gasteiger partial charge on any atom is 0.236 e. The molecule has 2 N–H and O–H groups in total. The van der Waals surface area contributed by atoms with Crippen molar-refractivity contribution in [3.63, 3.8) is 0 Å². The van der Waals surface area contributed by atoms with Gasteiger partial charge in [0.05, 0.1) is 6.54 Å². The summed E-state index contributed by atoms with van der Waals surface area (Å²) in [6, 6.07) is 0.403. The first-order valence-electron chi connectivity index (χ1n) is 5.26. The first kappa shape index (κ1) is 9.93. The number of fused-ring (bicyclic) bond motifs is 2. The summed E-state index contributed by atoms with van der Waals surface area (Å²) in [5.74, 6) is 1.48. The molecule has 4 nitrogen and oxygen atoms in total. The monoisotopic (exact) mass is 197 g/mol. The number of nitrogens with two attached hydrogens (primary N) is 1. The molecule has 2 unspecified atom stereocenters. The zero-order chi connectivity index (χ0) is 10.3. The minimum Gasteiger partial charge on any atom is -0.348 e. The lowest BCUT2D eigenvalue weighted by Crippen LogP contribution is -2.62. The Morgan fingerprint density at radius 3 is 2.43 bits per heavy atom. The summed E-state index contributed by atoms with van der Waals surface area (Å²) in [5, 5.41) is 0. The number of likely N-dealkylation sites (N-methyl/N-ethyl adjacent to an activating group) is 1. The Balaban J connectivity index is 1.82. The quantitative estimate of drug-likeness (QED) is 0.640. The van der Waals surface area contributed by atoms with Crippen LogP contribution in [-0.2, 0) is 4.79 Å². The van der Waals surface area contributed by atoms with Crippen LogP contribution in [0.4, 0.5) is 0 Å². The molecule has 0 spiro atoms. The third-order valence-electron chi connectivity index (χ3n) is 3.54. The smallest absolute Gasteiger partial charge is 0.236 e. The summed E-state index contributed by atoms with van der Waals surface area (Å²) in [6.45, 7) is 2.58.